The van der Waals surface area contributed by atoms with Crippen LogP contribution in [0.5, 0.6) is 0 Å². The third-order valence-corrected chi connectivity index (χ3v) is 3.77. The van der Waals surface area contributed by atoms with Gasteiger partial charge in [-0.15, -0.1) is 11.3 Å². The highest BCUT2D eigenvalue weighted by molar-refractivity contribution is 7.92. The van der Waals surface area contributed by atoms with Crippen LogP contribution in [-0.4, -0.2) is 30.9 Å². The van der Waals surface area contributed by atoms with E-state index in [2.05, 4.69) is 9.71 Å². The predicted molar refractivity (Wildman–Crippen MR) is 56.0 cm³/mol. The summed E-state index contributed by atoms with van der Waals surface area (Å²) in [6.07, 6.45) is 0.236. The van der Waals surface area contributed by atoms with Crippen molar-refractivity contribution in [3.63, 3.8) is 0 Å². The molecule has 0 bridgehead atoms. The Morgan fingerprint density at radius 2 is 2.36 bits per heavy atom. The van der Waals surface area contributed by atoms with E-state index in [0.29, 0.717) is 5.13 Å². The summed E-state index contributed by atoms with van der Waals surface area (Å²) >= 11 is 1.25. The number of nitrogens with one attached hydrogen (secondary N) is 1. The number of thiazole rings is 1. The summed E-state index contributed by atoms with van der Waals surface area (Å²) in [5.74, 6) is -0.0812. The van der Waals surface area contributed by atoms with Crippen LogP contribution in [0.2, 0.25) is 0 Å². The lowest BCUT2D eigenvalue weighted by atomic mass is 10.5. The number of sulfonamides is 1. The average Bonchev–Trinajstić information content (AvgIpc) is 2.47. The fourth-order valence-electron chi connectivity index (χ4n) is 0.839. The lowest BCUT2D eigenvalue weighted by Gasteiger charge is -2.02. The molecule has 0 saturated carbocycles. The van der Waals surface area contributed by atoms with Crippen LogP contribution in [0.4, 0.5) is 5.13 Å². The van der Waals surface area contributed by atoms with Gasteiger partial charge in [0.25, 0.3) is 0 Å². The minimum absolute atomic E-state index is 0.0812. The SMILES string of the molecule is Cc1csc(NS(=O)(=O)CCCO)n1. The molecule has 14 heavy (non-hydrogen) atoms. The molecule has 0 spiro atoms. The number of aromatic nitrogens is 1. The van der Waals surface area contributed by atoms with Crippen molar-refractivity contribution in [1.82, 2.24) is 4.98 Å². The maximum atomic E-state index is 11.3. The van der Waals surface area contributed by atoms with Crippen molar-refractivity contribution in [3.05, 3.63) is 11.1 Å². The van der Waals surface area contributed by atoms with Crippen LogP contribution in [0.15, 0.2) is 5.38 Å². The summed E-state index contributed by atoms with van der Waals surface area (Å²) in [6.45, 7) is 1.67. The Labute approximate surface area is 86.9 Å². The van der Waals surface area contributed by atoms with Gasteiger partial charge in [-0.3, -0.25) is 4.72 Å². The molecule has 1 aromatic rings. The van der Waals surface area contributed by atoms with Crippen LogP contribution in [-0.2, 0) is 10.0 Å². The molecule has 5 nitrogen and oxygen atoms in total. The smallest absolute Gasteiger partial charge is 0.234 e. The average molecular weight is 236 g/mol. The van der Waals surface area contributed by atoms with Crippen molar-refractivity contribution >= 4 is 26.5 Å². The molecule has 0 aliphatic carbocycles. The van der Waals surface area contributed by atoms with Crippen molar-refractivity contribution < 1.29 is 13.5 Å². The van der Waals surface area contributed by atoms with Gasteiger partial charge in [0.2, 0.25) is 10.0 Å². The van der Waals surface area contributed by atoms with Gasteiger partial charge in [-0.05, 0) is 13.3 Å². The molecule has 0 aliphatic heterocycles. The van der Waals surface area contributed by atoms with Crippen molar-refractivity contribution in [1.29, 1.82) is 0 Å². The molecule has 0 unspecified atom stereocenters. The van der Waals surface area contributed by atoms with E-state index in [1.54, 1.807) is 12.3 Å². The van der Waals surface area contributed by atoms with Gasteiger partial charge >= 0.3 is 0 Å². The first kappa shape index (κ1) is 11.4. The van der Waals surface area contributed by atoms with Crippen LogP contribution in [0.1, 0.15) is 12.1 Å². The lowest BCUT2D eigenvalue weighted by molar-refractivity contribution is 0.295. The molecule has 0 fully saturated rings. The van der Waals surface area contributed by atoms with Gasteiger partial charge in [0.05, 0.1) is 11.4 Å². The fourth-order valence-corrected chi connectivity index (χ4v) is 2.87. The van der Waals surface area contributed by atoms with Gasteiger partial charge in [0.15, 0.2) is 5.13 Å². The number of aliphatic hydroxyl groups excluding tert-OH is 1. The van der Waals surface area contributed by atoms with Crippen LogP contribution < -0.4 is 4.72 Å². The maximum Gasteiger partial charge on any atom is 0.234 e. The molecule has 80 valence electrons. The first-order chi connectivity index (χ1) is 6.53. The molecule has 1 rings (SSSR count). The Kier molecular flexibility index (Phi) is 3.85. The largest absolute Gasteiger partial charge is 0.396 e. The van der Waals surface area contributed by atoms with Crippen molar-refractivity contribution in [2.24, 2.45) is 0 Å². The van der Waals surface area contributed by atoms with E-state index in [4.69, 9.17) is 5.11 Å². The van der Waals surface area contributed by atoms with Gasteiger partial charge in [0, 0.05) is 12.0 Å². The van der Waals surface area contributed by atoms with E-state index in [0.717, 1.165) is 5.69 Å². The molecular weight excluding hydrogens is 224 g/mol. The number of anilines is 1. The van der Waals surface area contributed by atoms with Gasteiger partial charge in [-0.1, -0.05) is 0 Å². The molecule has 1 heterocycles. The Morgan fingerprint density at radius 1 is 1.64 bits per heavy atom. The van der Waals surface area contributed by atoms with Crippen LogP contribution >= 0.6 is 11.3 Å². The summed E-state index contributed by atoms with van der Waals surface area (Å²) in [6, 6.07) is 0. The molecule has 7 heteroatoms. The number of aliphatic hydroxyl groups is 1. The molecule has 0 aromatic carbocycles. The highest BCUT2D eigenvalue weighted by Crippen LogP contribution is 2.15. The third kappa shape index (κ3) is 3.60. The number of hydrogen-bond donors (Lipinski definition) is 2. The highest BCUT2D eigenvalue weighted by atomic mass is 32.2. The van der Waals surface area contributed by atoms with Crippen LogP contribution in [0.3, 0.4) is 0 Å². The molecule has 0 saturated heterocycles. The van der Waals surface area contributed by atoms with Crippen LogP contribution in [0.25, 0.3) is 0 Å². The van der Waals surface area contributed by atoms with Crippen molar-refractivity contribution in [3.8, 4) is 0 Å². The van der Waals surface area contributed by atoms with E-state index in [9.17, 15) is 8.42 Å². The minimum atomic E-state index is -3.35. The molecular formula is C7H12N2O3S2. The number of rotatable bonds is 5. The Balaban J connectivity index is 2.59. The fraction of sp³-hybridized carbons (Fsp3) is 0.571. The molecule has 0 atom stereocenters. The molecule has 0 amide bonds. The first-order valence-corrected chi connectivity index (χ1v) is 6.60. The van der Waals surface area contributed by atoms with Crippen LogP contribution in [0, 0.1) is 6.92 Å². The van der Waals surface area contributed by atoms with E-state index in [1.165, 1.54) is 11.3 Å². The summed E-state index contributed by atoms with van der Waals surface area (Å²) in [5.41, 5.74) is 0.787. The van der Waals surface area contributed by atoms with Gasteiger partial charge in [0.1, 0.15) is 0 Å². The summed E-state index contributed by atoms with van der Waals surface area (Å²) < 4.78 is 25.0. The quantitative estimate of drug-likeness (QED) is 0.783. The normalized spacial score (nSPS) is 11.6. The predicted octanol–water partition coefficient (Wildman–Crippen LogP) is 0.576. The standard InChI is InChI=1S/C7H12N2O3S2/c1-6-5-13-7(8-6)9-14(11,12)4-2-3-10/h5,10H,2-4H2,1H3,(H,8,9). The van der Waals surface area contributed by atoms with E-state index in [-0.39, 0.29) is 18.8 Å². The first-order valence-electron chi connectivity index (χ1n) is 4.07. The number of nitrogens with zero attached hydrogens (tertiary/aromatic N) is 1. The third-order valence-electron chi connectivity index (χ3n) is 1.43. The Morgan fingerprint density at radius 3 is 2.86 bits per heavy atom. The second-order valence-electron chi connectivity index (χ2n) is 2.79. The maximum absolute atomic E-state index is 11.3. The number of aryl methyl sites for hydroxylation is 1. The van der Waals surface area contributed by atoms with Gasteiger partial charge < -0.3 is 5.11 Å². The van der Waals surface area contributed by atoms with Gasteiger partial charge in [-0.2, -0.15) is 0 Å². The Hall–Kier alpha value is -0.660. The monoisotopic (exact) mass is 236 g/mol. The lowest BCUT2D eigenvalue weighted by Crippen LogP contribution is -2.17. The summed E-state index contributed by atoms with van der Waals surface area (Å²) in [5, 5.41) is 10.6. The van der Waals surface area contributed by atoms with Crippen molar-refractivity contribution in [2.75, 3.05) is 17.1 Å². The zero-order chi connectivity index (χ0) is 10.6. The summed E-state index contributed by atoms with van der Waals surface area (Å²) in [7, 11) is -3.35. The van der Waals surface area contributed by atoms with Gasteiger partial charge in [-0.25, -0.2) is 13.4 Å². The molecule has 0 aliphatic rings. The summed E-state index contributed by atoms with van der Waals surface area (Å²) in [4.78, 5) is 3.97. The molecule has 2 N–H and O–H groups in total. The second-order valence-corrected chi connectivity index (χ2v) is 5.49. The zero-order valence-electron chi connectivity index (χ0n) is 7.73. The van der Waals surface area contributed by atoms with E-state index < -0.39 is 10.0 Å². The topological polar surface area (TPSA) is 79.3 Å². The Bertz CT molecular complexity index is 385. The zero-order valence-corrected chi connectivity index (χ0v) is 9.36. The van der Waals surface area contributed by atoms with E-state index in [1.807, 2.05) is 0 Å². The van der Waals surface area contributed by atoms with E-state index >= 15 is 0 Å². The highest BCUT2D eigenvalue weighted by Gasteiger charge is 2.11. The number of hydrogen-bond acceptors (Lipinski definition) is 5. The minimum Gasteiger partial charge on any atom is -0.396 e. The molecule has 1 aromatic heterocycles. The van der Waals surface area contributed by atoms with Crippen molar-refractivity contribution in [2.45, 2.75) is 13.3 Å². The molecule has 0 radical (unpaired) electrons. The second kappa shape index (κ2) is 4.72.